The van der Waals surface area contributed by atoms with Crippen molar-refractivity contribution in [3.63, 3.8) is 0 Å². The van der Waals surface area contributed by atoms with Crippen molar-refractivity contribution in [3.8, 4) is 0 Å². The normalized spacial score (nSPS) is 21.6. The molecule has 4 bridgehead atoms. The maximum atomic E-state index is 13.5. The van der Waals surface area contributed by atoms with Gasteiger partial charge in [0.2, 0.25) is 0 Å². The zero-order valence-electron chi connectivity index (χ0n) is 47.6. The topological polar surface area (TPSA) is 82.1 Å². The highest BCUT2D eigenvalue weighted by molar-refractivity contribution is 5.71. The lowest BCUT2D eigenvalue weighted by atomic mass is 9.37. The van der Waals surface area contributed by atoms with Crippen molar-refractivity contribution in [1.82, 2.24) is 4.90 Å². The van der Waals surface area contributed by atoms with E-state index in [4.69, 9.17) is 14.2 Å². The number of esters is 3. The summed E-state index contributed by atoms with van der Waals surface area (Å²) < 4.78 is 18.1. The second-order valence-corrected chi connectivity index (χ2v) is 24.3. The minimum Gasteiger partial charge on any atom is -0.466 e. The van der Waals surface area contributed by atoms with Crippen LogP contribution in [0, 0.1) is 34.0 Å². The molecule has 70 heavy (non-hydrogen) atoms. The van der Waals surface area contributed by atoms with Crippen molar-refractivity contribution in [2.75, 3.05) is 39.5 Å². The fraction of sp³-hybridized carbons (Fsp3) is 0.952. The Morgan fingerprint density at radius 2 is 0.686 bits per heavy atom. The molecule has 0 radical (unpaired) electrons. The molecule has 0 saturated heterocycles. The number of unbranched alkanes of at least 4 members (excludes halogenated alkanes) is 20. The van der Waals surface area contributed by atoms with Gasteiger partial charge in [-0.05, 0) is 150 Å². The fourth-order valence-corrected chi connectivity index (χ4v) is 14.6. The molecule has 0 N–H and O–H groups in total. The summed E-state index contributed by atoms with van der Waals surface area (Å²) in [7, 11) is 0. The van der Waals surface area contributed by atoms with E-state index in [1.165, 1.54) is 193 Å². The molecule has 2 unspecified atom stereocenters. The van der Waals surface area contributed by atoms with E-state index in [9.17, 15) is 14.4 Å². The van der Waals surface area contributed by atoms with E-state index >= 15 is 0 Å². The van der Waals surface area contributed by atoms with E-state index in [1.54, 1.807) is 0 Å². The SMILES string of the molecule is CCCCCCCCC(CCCCCCCC)CC(=O)OCCCC12CC3CC(CCCOC(=O)CC(CCCCCCCC)CCCCCCCC)(C1)CC(CCCOC(=O)CN(CC)CC)(C3)C2. The molecule has 7 nitrogen and oxygen atoms in total. The lowest BCUT2D eigenvalue weighted by Gasteiger charge is -2.67. The van der Waals surface area contributed by atoms with Gasteiger partial charge in [-0.2, -0.15) is 0 Å². The number of rotatable bonds is 48. The van der Waals surface area contributed by atoms with E-state index in [0.717, 1.165) is 83.2 Å². The van der Waals surface area contributed by atoms with Crippen LogP contribution >= 0.6 is 0 Å². The van der Waals surface area contributed by atoms with Gasteiger partial charge in [-0.1, -0.05) is 196 Å². The van der Waals surface area contributed by atoms with E-state index in [1.807, 2.05) is 0 Å². The third kappa shape index (κ3) is 26.5. The molecule has 0 spiro atoms. The minimum atomic E-state index is -0.0986. The molecular formula is C63H117NO6. The van der Waals surface area contributed by atoms with Gasteiger partial charge < -0.3 is 14.2 Å². The molecule has 4 saturated carbocycles. The molecule has 0 aliphatic heterocycles. The highest BCUT2D eigenvalue weighted by Gasteiger charge is 2.62. The van der Waals surface area contributed by atoms with Crippen molar-refractivity contribution in [2.24, 2.45) is 34.0 Å². The molecule has 0 aromatic heterocycles. The van der Waals surface area contributed by atoms with Crippen molar-refractivity contribution < 1.29 is 28.6 Å². The van der Waals surface area contributed by atoms with Crippen LogP contribution in [0.25, 0.3) is 0 Å². The summed E-state index contributed by atoms with van der Waals surface area (Å²) in [5, 5.41) is 0. The van der Waals surface area contributed by atoms with Gasteiger partial charge in [0, 0.05) is 12.8 Å². The molecule has 7 heteroatoms. The second-order valence-electron chi connectivity index (χ2n) is 24.3. The number of likely N-dealkylation sites (N-methyl/N-ethyl adjacent to an activating group) is 1. The number of carbonyl (C=O) groups is 3. The standard InChI is InChI=1S/C63H117NO6/c1-7-13-17-21-25-29-36-55(37-30-26-22-18-14-8-2)46-58(65)68-43-33-40-61-48-57-49-62(52-61,54-63(50-57,53-61)42-35-45-70-60(67)51-64(11-5)12-6)41-34-44-69-59(66)47-56(38-31-27-23-19-15-9-3)39-32-28-24-20-16-10-4/h55-57H,7-54H2,1-6H3. The maximum absolute atomic E-state index is 13.5. The molecule has 4 aliphatic carbocycles. The van der Waals surface area contributed by atoms with Crippen LogP contribution in [0.5, 0.6) is 0 Å². The molecule has 0 aromatic carbocycles. The summed E-state index contributed by atoms with van der Waals surface area (Å²) >= 11 is 0. The van der Waals surface area contributed by atoms with Gasteiger partial charge in [0.05, 0.1) is 26.4 Å². The van der Waals surface area contributed by atoms with Crippen molar-refractivity contribution in [1.29, 1.82) is 0 Å². The van der Waals surface area contributed by atoms with Crippen LogP contribution in [0.2, 0.25) is 0 Å². The molecule has 4 rings (SSSR count). The number of ether oxygens (including phenoxy) is 3. The predicted molar refractivity (Wildman–Crippen MR) is 295 cm³/mol. The molecule has 0 aromatic rings. The van der Waals surface area contributed by atoms with Gasteiger partial charge in [-0.3, -0.25) is 19.3 Å². The van der Waals surface area contributed by atoms with Crippen LogP contribution in [0.1, 0.15) is 311 Å². The Morgan fingerprint density at radius 3 is 0.986 bits per heavy atom. The monoisotopic (exact) mass is 984 g/mol. The first kappa shape index (κ1) is 62.7. The summed E-state index contributed by atoms with van der Waals surface area (Å²) in [6.07, 6.45) is 51.0. The number of hydrogen-bond donors (Lipinski definition) is 0. The largest absolute Gasteiger partial charge is 0.466 e. The van der Waals surface area contributed by atoms with E-state index in [0.29, 0.717) is 51.0 Å². The van der Waals surface area contributed by atoms with Gasteiger partial charge in [0.1, 0.15) is 0 Å². The quantitative estimate of drug-likeness (QED) is 0.0341. The Balaban J connectivity index is 1.59. The highest BCUT2D eigenvalue weighted by atomic mass is 16.5. The van der Waals surface area contributed by atoms with E-state index < -0.39 is 0 Å². The summed E-state index contributed by atoms with van der Waals surface area (Å²) in [4.78, 5) is 41.8. The number of hydrogen-bond acceptors (Lipinski definition) is 7. The van der Waals surface area contributed by atoms with Crippen LogP contribution in [-0.2, 0) is 28.6 Å². The first-order valence-corrected chi connectivity index (χ1v) is 31.3. The minimum absolute atomic E-state index is 0.0293. The summed E-state index contributed by atoms with van der Waals surface area (Å²) in [6.45, 7) is 17.0. The molecule has 2 atom stereocenters. The van der Waals surface area contributed by atoms with Gasteiger partial charge in [-0.15, -0.1) is 0 Å². The lowest BCUT2D eigenvalue weighted by molar-refractivity contribution is -0.173. The average Bonchev–Trinajstić information content (AvgIpc) is 3.33. The third-order valence-electron chi connectivity index (χ3n) is 17.8. The Morgan fingerprint density at radius 1 is 0.400 bits per heavy atom. The average molecular weight is 985 g/mol. The highest BCUT2D eigenvalue weighted by Crippen LogP contribution is 2.73. The van der Waals surface area contributed by atoms with E-state index in [2.05, 4.69) is 46.4 Å². The van der Waals surface area contributed by atoms with Crippen molar-refractivity contribution in [2.45, 2.75) is 311 Å². The Labute approximate surface area is 434 Å². The van der Waals surface area contributed by atoms with Crippen molar-refractivity contribution >= 4 is 17.9 Å². The van der Waals surface area contributed by atoms with E-state index in [-0.39, 0.29) is 34.2 Å². The van der Waals surface area contributed by atoms with Gasteiger partial charge >= 0.3 is 17.9 Å². The van der Waals surface area contributed by atoms with Gasteiger partial charge in [0.15, 0.2) is 0 Å². The summed E-state index contributed by atoms with van der Waals surface area (Å²) in [5.41, 5.74) is 0.833. The Kier molecular flexibility index (Phi) is 34.0. The van der Waals surface area contributed by atoms with Crippen molar-refractivity contribution in [3.05, 3.63) is 0 Å². The molecule has 4 fully saturated rings. The second kappa shape index (κ2) is 38.0. The van der Waals surface area contributed by atoms with Crippen LogP contribution in [0.15, 0.2) is 0 Å². The molecule has 410 valence electrons. The molecule has 4 aliphatic rings. The van der Waals surface area contributed by atoms with Crippen LogP contribution in [0.3, 0.4) is 0 Å². The Hall–Kier alpha value is -1.63. The zero-order valence-corrected chi connectivity index (χ0v) is 47.6. The zero-order chi connectivity index (χ0) is 50.6. The first-order chi connectivity index (χ1) is 34.1. The summed E-state index contributed by atoms with van der Waals surface area (Å²) in [5.74, 6) is 1.60. The lowest BCUT2D eigenvalue weighted by Crippen LogP contribution is -2.57. The maximum Gasteiger partial charge on any atom is 0.320 e. The Bertz CT molecular complexity index is 1220. The fourth-order valence-electron chi connectivity index (χ4n) is 14.6. The predicted octanol–water partition coefficient (Wildman–Crippen LogP) is 18.3. The smallest absolute Gasteiger partial charge is 0.320 e. The molecule has 0 heterocycles. The first-order valence-electron chi connectivity index (χ1n) is 31.3. The van der Waals surface area contributed by atoms with Crippen LogP contribution in [0.4, 0.5) is 0 Å². The number of nitrogens with zero attached hydrogens (tertiary/aromatic N) is 1. The van der Waals surface area contributed by atoms with Crippen LogP contribution < -0.4 is 0 Å². The van der Waals surface area contributed by atoms with Gasteiger partial charge in [0.25, 0.3) is 0 Å². The van der Waals surface area contributed by atoms with Gasteiger partial charge in [-0.25, -0.2) is 0 Å². The molecular weight excluding hydrogens is 867 g/mol. The third-order valence-corrected chi connectivity index (χ3v) is 17.8. The molecule has 0 amide bonds. The number of carbonyl (C=O) groups excluding carboxylic acids is 3. The van der Waals surface area contributed by atoms with Crippen LogP contribution in [-0.4, -0.2) is 62.3 Å². The summed E-state index contributed by atoms with van der Waals surface area (Å²) in [6, 6.07) is 0.